The number of aromatic nitrogens is 1. The number of phenolic OH excluding ortho intramolecular Hbond substituents is 1. The maximum Gasteiger partial charge on any atom is 0.340 e. The van der Waals surface area contributed by atoms with Gasteiger partial charge in [0, 0.05) is 15.8 Å². The molecular weight excluding hydrogens is 342 g/mol. The number of rotatable bonds is 3. The van der Waals surface area contributed by atoms with Gasteiger partial charge in [0.05, 0.1) is 11.2 Å². The molecule has 0 atom stereocenters. The van der Waals surface area contributed by atoms with Crippen molar-refractivity contribution in [1.82, 2.24) is 4.98 Å². The Bertz CT molecular complexity index is 1010. The first kappa shape index (κ1) is 15.7. The monoisotopic (exact) mass is 355 g/mol. The van der Waals surface area contributed by atoms with Crippen LogP contribution in [0, 0.1) is 0 Å². The second kappa shape index (κ2) is 5.36. The molecule has 1 aliphatic carbocycles. The Morgan fingerprint density at radius 3 is 2.36 bits per heavy atom. The number of phenols is 1. The highest BCUT2D eigenvalue weighted by molar-refractivity contribution is 6.30. The lowest BCUT2D eigenvalue weighted by atomic mass is 9.89. The van der Waals surface area contributed by atoms with E-state index >= 15 is 0 Å². The fraction of sp³-hybridized carbons (Fsp3) is 0.158. The Morgan fingerprint density at radius 1 is 1.08 bits per heavy atom. The predicted octanol–water partition coefficient (Wildman–Crippen LogP) is 4.08. The fourth-order valence-corrected chi connectivity index (χ4v) is 3.47. The SMILES string of the molecule is O=C(O)c1c(O)c(C2(c3ccc(Cl)cc3)CC2)nc2ccc(O)cc12. The molecule has 0 saturated heterocycles. The summed E-state index contributed by atoms with van der Waals surface area (Å²) in [7, 11) is 0. The number of hydrogen-bond acceptors (Lipinski definition) is 4. The van der Waals surface area contributed by atoms with Gasteiger partial charge in [-0.15, -0.1) is 0 Å². The van der Waals surface area contributed by atoms with E-state index in [4.69, 9.17) is 11.6 Å². The van der Waals surface area contributed by atoms with Crippen molar-refractivity contribution in [3.63, 3.8) is 0 Å². The third-order valence-corrected chi connectivity index (χ3v) is 5.01. The number of carboxylic acid groups (broad SMARTS) is 1. The Hall–Kier alpha value is -2.79. The summed E-state index contributed by atoms with van der Waals surface area (Å²) >= 11 is 5.95. The van der Waals surface area contributed by atoms with Crippen LogP contribution < -0.4 is 0 Å². The van der Waals surface area contributed by atoms with E-state index in [1.165, 1.54) is 12.1 Å². The molecule has 0 unspecified atom stereocenters. The maximum absolute atomic E-state index is 11.7. The minimum atomic E-state index is -1.26. The lowest BCUT2D eigenvalue weighted by Crippen LogP contribution is -2.14. The summed E-state index contributed by atoms with van der Waals surface area (Å²) in [5.41, 5.74) is 0.962. The zero-order valence-electron chi connectivity index (χ0n) is 13.0. The Balaban J connectivity index is 1.99. The zero-order valence-corrected chi connectivity index (χ0v) is 13.8. The number of aromatic carboxylic acids is 1. The van der Waals surface area contributed by atoms with E-state index < -0.39 is 11.4 Å². The number of aromatic hydroxyl groups is 2. The van der Waals surface area contributed by atoms with Crippen LogP contribution in [0.25, 0.3) is 10.9 Å². The number of benzene rings is 2. The predicted molar refractivity (Wildman–Crippen MR) is 93.5 cm³/mol. The number of pyridine rings is 1. The van der Waals surface area contributed by atoms with E-state index in [-0.39, 0.29) is 22.4 Å². The second-order valence-electron chi connectivity index (χ2n) is 6.28. The number of hydrogen-bond donors (Lipinski definition) is 3. The van der Waals surface area contributed by atoms with Crippen molar-refractivity contribution in [2.24, 2.45) is 0 Å². The van der Waals surface area contributed by atoms with Crippen molar-refractivity contribution in [2.45, 2.75) is 18.3 Å². The molecule has 0 aliphatic heterocycles. The lowest BCUT2D eigenvalue weighted by molar-refractivity contribution is 0.0695. The highest BCUT2D eigenvalue weighted by Crippen LogP contribution is 2.56. The Kier molecular flexibility index (Phi) is 3.37. The van der Waals surface area contributed by atoms with Gasteiger partial charge in [0.15, 0.2) is 5.75 Å². The first-order valence-electron chi connectivity index (χ1n) is 7.78. The van der Waals surface area contributed by atoms with E-state index in [9.17, 15) is 20.1 Å². The molecule has 1 heterocycles. The molecule has 2 aromatic carbocycles. The molecule has 0 radical (unpaired) electrons. The summed E-state index contributed by atoms with van der Waals surface area (Å²) in [6, 6.07) is 11.6. The molecule has 5 nitrogen and oxygen atoms in total. The van der Waals surface area contributed by atoms with Crippen molar-refractivity contribution in [2.75, 3.05) is 0 Å². The van der Waals surface area contributed by atoms with Crippen LogP contribution in [0.2, 0.25) is 5.02 Å². The molecular formula is C19H14ClNO4. The van der Waals surface area contributed by atoms with Gasteiger partial charge in [0.25, 0.3) is 0 Å². The number of nitrogens with zero attached hydrogens (tertiary/aromatic N) is 1. The Labute approximate surface area is 148 Å². The smallest absolute Gasteiger partial charge is 0.340 e. The molecule has 3 aromatic rings. The normalized spacial score (nSPS) is 15.2. The standard InChI is InChI=1S/C19H14ClNO4/c20-11-3-1-10(2-4-11)19(7-8-19)17-16(23)15(18(24)25)13-9-12(22)5-6-14(13)21-17/h1-6,9,22-23H,7-8H2,(H,24,25). The highest BCUT2D eigenvalue weighted by Gasteiger charge is 2.49. The van der Waals surface area contributed by atoms with Gasteiger partial charge in [-0.2, -0.15) is 0 Å². The third kappa shape index (κ3) is 2.39. The van der Waals surface area contributed by atoms with E-state index in [1.807, 2.05) is 12.1 Å². The molecule has 1 fully saturated rings. The van der Waals surface area contributed by atoms with Gasteiger partial charge in [-0.25, -0.2) is 9.78 Å². The van der Waals surface area contributed by atoms with Crippen molar-refractivity contribution in [1.29, 1.82) is 0 Å². The van der Waals surface area contributed by atoms with Crippen molar-refractivity contribution in [3.05, 3.63) is 64.3 Å². The van der Waals surface area contributed by atoms with Crippen LogP contribution in [0.1, 0.15) is 34.5 Å². The van der Waals surface area contributed by atoms with Crippen molar-refractivity contribution in [3.8, 4) is 11.5 Å². The van der Waals surface area contributed by atoms with Gasteiger partial charge in [0.2, 0.25) is 0 Å². The minimum absolute atomic E-state index is 0.0808. The van der Waals surface area contributed by atoms with Gasteiger partial charge < -0.3 is 15.3 Å². The molecule has 25 heavy (non-hydrogen) atoms. The third-order valence-electron chi connectivity index (χ3n) is 4.76. The van der Waals surface area contributed by atoms with E-state index in [0.717, 1.165) is 18.4 Å². The van der Waals surface area contributed by atoms with Gasteiger partial charge in [0.1, 0.15) is 11.3 Å². The number of halogens is 1. The molecule has 6 heteroatoms. The molecule has 0 amide bonds. The average Bonchev–Trinajstić information content (AvgIpc) is 3.36. The van der Waals surface area contributed by atoms with Crippen LogP contribution in [0.5, 0.6) is 11.5 Å². The number of carboxylic acids is 1. The zero-order chi connectivity index (χ0) is 17.8. The molecule has 0 spiro atoms. The largest absolute Gasteiger partial charge is 0.508 e. The number of carbonyl (C=O) groups is 1. The van der Waals surface area contributed by atoms with Gasteiger partial charge in [-0.05, 0) is 48.7 Å². The molecule has 1 aliphatic rings. The highest BCUT2D eigenvalue weighted by atomic mass is 35.5. The van der Waals surface area contributed by atoms with Gasteiger partial charge in [-0.3, -0.25) is 0 Å². The van der Waals surface area contributed by atoms with Crippen LogP contribution in [-0.4, -0.2) is 26.3 Å². The summed E-state index contributed by atoms with van der Waals surface area (Å²) in [6.45, 7) is 0. The van der Waals surface area contributed by atoms with E-state index in [1.54, 1.807) is 18.2 Å². The number of fused-ring (bicyclic) bond motifs is 1. The summed E-state index contributed by atoms with van der Waals surface area (Å²) in [5.74, 6) is -1.69. The molecule has 1 saturated carbocycles. The average molecular weight is 356 g/mol. The molecule has 0 bridgehead atoms. The fourth-order valence-electron chi connectivity index (χ4n) is 3.35. The second-order valence-corrected chi connectivity index (χ2v) is 6.72. The van der Waals surface area contributed by atoms with Crippen LogP contribution in [-0.2, 0) is 5.41 Å². The van der Waals surface area contributed by atoms with Crippen LogP contribution in [0.15, 0.2) is 42.5 Å². The van der Waals surface area contributed by atoms with Gasteiger partial charge in [-0.1, -0.05) is 23.7 Å². The van der Waals surface area contributed by atoms with E-state index in [2.05, 4.69) is 4.98 Å². The van der Waals surface area contributed by atoms with Crippen molar-refractivity contribution >= 4 is 28.5 Å². The molecule has 3 N–H and O–H groups in total. The van der Waals surface area contributed by atoms with Gasteiger partial charge >= 0.3 is 5.97 Å². The maximum atomic E-state index is 11.7. The molecule has 1 aromatic heterocycles. The topological polar surface area (TPSA) is 90.7 Å². The van der Waals surface area contributed by atoms with Crippen LogP contribution in [0.3, 0.4) is 0 Å². The Morgan fingerprint density at radius 2 is 1.76 bits per heavy atom. The van der Waals surface area contributed by atoms with Crippen molar-refractivity contribution < 1.29 is 20.1 Å². The minimum Gasteiger partial charge on any atom is -0.508 e. The summed E-state index contributed by atoms with van der Waals surface area (Å²) in [4.78, 5) is 16.3. The lowest BCUT2D eigenvalue weighted by Gasteiger charge is -2.19. The molecule has 4 rings (SSSR count). The summed E-state index contributed by atoms with van der Waals surface area (Å²) in [5, 5.41) is 30.7. The van der Waals surface area contributed by atoms with Crippen LogP contribution in [0.4, 0.5) is 0 Å². The van der Waals surface area contributed by atoms with Crippen LogP contribution >= 0.6 is 11.6 Å². The quantitative estimate of drug-likeness (QED) is 0.658. The van der Waals surface area contributed by atoms with E-state index in [0.29, 0.717) is 16.2 Å². The first-order chi connectivity index (χ1) is 11.9. The molecule has 126 valence electrons. The summed E-state index contributed by atoms with van der Waals surface area (Å²) in [6.07, 6.45) is 1.52. The first-order valence-corrected chi connectivity index (χ1v) is 8.16. The summed E-state index contributed by atoms with van der Waals surface area (Å²) < 4.78 is 0.